The van der Waals surface area contributed by atoms with Gasteiger partial charge in [-0.25, -0.2) is 0 Å². The van der Waals surface area contributed by atoms with Gasteiger partial charge in [0.25, 0.3) is 0 Å². The molecule has 0 fully saturated rings. The molecule has 0 saturated heterocycles. The number of nitrogens with one attached hydrogen (secondary N) is 1. The van der Waals surface area contributed by atoms with Gasteiger partial charge in [-0.15, -0.1) is 0 Å². The minimum absolute atomic E-state index is 0.372. The molecule has 2 aromatic rings. The maximum absolute atomic E-state index is 11.5. The van der Waals surface area contributed by atoms with Crippen molar-refractivity contribution in [2.75, 3.05) is 13.2 Å². The second-order valence-corrected chi connectivity index (χ2v) is 5.41. The fourth-order valence-corrected chi connectivity index (χ4v) is 2.74. The average molecular weight is 308 g/mol. The Morgan fingerprint density at radius 1 is 1.09 bits per heavy atom. The number of fused-ring (bicyclic) bond motifs is 1. The fraction of sp³-hybridized carbons (Fsp3) is 0.211. The van der Waals surface area contributed by atoms with E-state index in [2.05, 4.69) is 5.32 Å². The molecule has 1 aliphatic heterocycles. The van der Waals surface area contributed by atoms with Gasteiger partial charge in [0.15, 0.2) is 5.76 Å². The van der Waals surface area contributed by atoms with Gasteiger partial charge in [0.2, 0.25) is 0 Å². The molecule has 0 aromatic heterocycles. The van der Waals surface area contributed by atoms with Crippen LogP contribution in [0.5, 0.6) is 0 Å². The van der Waals surface area contributed by atoms with Crippen molar-refractivity contribution in [1.29, 1.82) is 0 Å². The molecule has 0 spiro atoms. The standard InChI is InChI=1S/C19H20N2O2/c20-11-6-12-23-19-16-10-5-4-9-15(16)17(13-22)21-18(19)14-7-2-1-3-8-14/h1-5,7-10,13,17,21H,6,11-12,20H2. The van der Waals surface area contributed by atoms with E-state index >= 15 is 0 Å². The second kappa shape index (κ2) is 7.11. The van der Waals surface area contributed by atoms with Crippen LogP contribution in [0.3, 0.4) is 0 Å². The Morgan fingerprint density at radius 2 is 1.83 bits per heavy atom. The zero-order valence-corrected chi connectivity index (χ0v) is 12.9. The molecule has 3 rings (SSSR count). The molecule has 23 heavy (non-hydrogen) atoms. The van der Waals surface area contributed by atoms with Gasteiger partial charge in [-0.1, -0.05) is 54.6 Å². The van der Waals surface area contributed by atoms with Crippen molar-refractivity contribution in [2.24, 2.45) is 5.73 Å². The average Bonchev–Trinajstić information content (AvgIpc) is 2.62. The number of hydrogen-bond acceptors (Lipinski definition) is 4. The summed E-state index contributed by atoms with van der Waals surface area (Å²) >= 11 is 0. The normalized spacial score (nSPS) is 16.5. The van der Waals surface area contributed by atoms with Crippen molar-refractivity contribution in [3.63, 3.8) is 0 Å². The fourth-order valence-electron chi connectivity index (χ4n) is 2.74. The smallest absolute Gasteiger partial charge is 0.150 e. The number of hydrogen-bond donors (Lipinski definition) is 2. The molecule has 2 aromatic carbocycles. The molecule has 1 heterocycles. The number of nitrogens with two attached hydrogens (primary N) is 1. The van der Waals surface area contributed by atoms with Crippen LogP contribution in [0, 0.1) is 0 Å². The number of aldehydes is 1. The molecule has 4 heteroatoms. The van der Waals surface area contributed by atoms with Crippen molar-refractivity contribution in [1.82, 2.24) is 5.32 Å². The van der Waals surface area contributed by atoms with Crippen LogP contribution >= 0.6 is 0 Å². The van der Waals surface area contributed by atoms with Crippen LogP contribution < -0.4 is 11.1 Å². The first-order valence-corrected chi connectivity index (χ1v) is 7.79. The van der Waals surface area contributed by atoms with E-state index in [1.165, 1.54) is 0 Å². The lowest BCUT2D eigenvalue weighted by atomic mass is 9.93. The van der Waals surface area contributed by atoms with E-state index in [0.29, 0.717) is 13.2 Å². The van der Waals surface area contributed by atoms with Gasteiger partial charge in [0.1, 0.15) is 12.3 Å². The van der Waals surface area contributed by atoms with Crippen molar-refractivity contribution in [2.45, 2.75) is 12.5 Å². The van der Waals surface area contributed by atoms with E-state index in [-0.39, 0.29) is 6.04 Å². The molecule has 0 radical (unpaired) electrons. The van der Waals surface area contributed by atoms with Gasteiger partial charge in [0, 0.05) is 11.1 Å². The van der Waals surface area contributed by atoms with Crippen LogP contribution in [0.1, 0.15) is 29.2 Å². The van der Waals surface area contributed by atoms with Crippen molar-refractivity contribution in [3.8, 4) is 0 Å². The maximum Gasteiger partial charge on any atom is 0.150 e. The maximum atomic E-state index is 11.5. The van der Waals surface area contributed by atoms with Gasteiger partial charge in [-0.3, -0.25) is 0 Å². The summed E-state index contributed by atoms with van der Waals surface area (Å²) in [7, 11) is 0. The molecule has 0 saturated carbocycles. The highest BCUT2D eigenvalue weighted by Crippen LogP contribution is 2.36. The van der Waals surface area contributed by atoms with Gasteiger partial charge in [-0.05, 0) is 18.5 Å². The summed E-state index contributed by atoms with van der Waals surface area (Å²) in [6.07, 6.45) is 1.71. The number of benzene rings is 2. The summed E-state index contributed by atoms with van der Waals surface area (Å²) in [5.74, 6) is 0.776. The van der Waals surface area contributed by atoms with Crippen LogP contribution in [-0.4, -0.2) is 19.4 Å². The van der Waals surface area contributed by atoms with E-state index < -0.39 is 0 Å². The number of carbonyl (C=O) groups is 1. The molecule has 3 N–H and O–H groups in total. The minimum atomic E-state index is -0.372. The Kier molecular flexibility index (Phi) is 4.74. The third kappa shape index (κ3) is 3.12. The van der Waals surface area contributed by atoms with Crippen LogP contribution in [0.25, 0.3) is 11.5 Å². The van der Waals surface area contributed by atoms with Crippen molar-refractivity contribution >= 4 is 17.7 Å². The van der Waals surface area contributed by atoms with Gasteiger partial charge in [0.05, 0.1) is 12.3 Å². The van der Waals surface area contributed by atoms with E-state index in [0.717, 1.165) is 40.9 Å². The molecule has 1 atom stereocenters. The summed E-state index contributed by atoms with van der Waals surface area (Å²) in [5.41, 5.74) is 9.31. The quantitative estimate of drug-likeness (QED) is 0.636. The van der Waals surface area contributed by atoms with E-state index in [9.17, 15) is 4.79 Å². The highest BCUT2D eigenvalue weighted by atomic mass is 16.5. The first kappa shape index (κ1) is 15.3. The lowest BCUT2D eigenvalue weighted by Gasteiger charge is -2.29. The Morgan fingerprint density at radius 3 is 2.57 bits per heavy atom. The van der Waals surface area contributed by atoms with E-state index in [4.69, 9.17) is 10.5 Å². The molecule has 1 aliphatic rings. The summed E-state index contributed by atoms with van der Waals surface area (Å²) < 4.78 is 6.03. The first-order chi connectivity index (χ1) is 11.3. The Labute approximate surface area is 136 Å². The van der Waals surface area contributed by atoms with Crippen molar-refractivity contribution < 1.29 is 9.53 Å². The summed E-state index contributed by atoms with van der Waals surface area (Å²) in [6, 6.07) is 17.4. The van der Waals surface area contributed by atoms with Crippen LogP contribution in [0.15, 0.2) is 54.6 Å². The lowest BCUT2D eigenvalue weighted by molar-refractivity contribution is -0.109. The Bertz CT molecular complexity index is 710. The highest BCUT2D eigenvalue weighted by Gasteiger charge is 2.27. The molecule has 0 bridgehead atoms. The van der Waals surface area contributed by atoms with E-state index in [1.54, 1.807) is 0 Å². The van der Waals surface area contributed by atoms with E-state index in [1.807, 2.05) is 54.6 Å². The molecule has 0 amide bonds. The topological polar surface area (TPSA) is 64.3 Å². The lowest BCUT2D eigenvalue weighted by Crippen LogP contribution is -2.28. The number of carbonyl (C=O) groups excluding carboxylic acids is 1. The zero-order chi connectivity index (χ0) is 16.1. The predicted octanol–water partition coefficient (Wildman–Crippen LogP) is 2.72. The number of ether oxygens (including phenoxy) is 1. The summed E-state index contributed by atoms with van der Waals surface area (Å²) in [6.45, 7) is 1.13. The molecule has 118 valence electrons. The summed E-state index contributed by atoms with van der Waals surface area (Å²) in [5, 5.41) is 3.31. The molecule has 1 unspecified atom stereocenters. The largest absolute Gasteiger partial charge is 0.491 e. The summed E-state index contributed by atoms with van der Waals surface area (Å²) in [4.78, 5) is 11.5. The SMILES string of the molecule is NCCCOC1=C(c2ccccc2)NC(C=O)c2ccccc21. The van der Waals surface area contributed by atoms with Gasteiger partial charge >= 0.3 is 0 Å². The molecule has 0 aliphatic carbocycles. The first-order valence-electron chi connectivity index (χ1n) is 7.79. The Hall–Kier alpha value is -2.59. The third-order valence-electron chi connectivity index (χ3n) is 3.86. The van der Waals surface area contributed by atoms with Crippen molar-refractivity contribution in [3.05, 3.63) is 71.3 Å². The monoisotopic (exact) mass is 308 g/mol. The Balaban J connectivity index is 2.10. The van der Waals surface area contributed by atoms with Crippen LogP contribution in [0.2, 0.25) is 0 Å². The second-order valence-electron chi connectivity index (χ2n) is 5.41. The minimum Gasteiger partial charge on any atom is -0.491 e. The van der Waals surface area contributed by atoms with Crippen LogP contribution in [-0.2, 0) is 9.53 Å². The number of rotatable bonds is 6. The van der Waals surface area contributed by atoms with Crippen LogP contribution in [0.4, 0.5) is 0 Å². The molecule has 4 nitrogen and oxygen atoms in total. The highest BCUT2D eigenvalue weighted by molar-refractivity contribution is 5.92. The zero-order valence-electron chi connectivity index (χ0n) is 12.9. The van der Waals surface area contributed by atoms with Gasteiger partial charge < -0.3 is 20.6 Å². The molecular weight excluding hydrogens is 288 g/mol. The molecular formula is C19H20N2O2. The third-order valence-corrected chi connectivity index (χ3v) is 3.86. The van der Waals surface area contributed by atoms with Gasteiger partial charge in [-0.2, -0.15) is 0 Å². The predicted molar refractivity (Wildman–Crippen MR) is 91.3 cm³/mol.